The predicted octanol–water partition coefficient (Wildman–Crippen LogP) is 2.29. The van der Waals surface area contributed by atoms with Crippen LogP contribution in [0.1, 0.15) is 12.8 Å². The number of rotatable bonds is 5. The molecule has 2 rings (SSSR count). The number of halogens is 1. The molecule has 0 aliphatic heterocycles. The zero-order valence-electron chi connectivity index (χ0n) is 11.0. The van der Waals surface area contributed by atoms with Crippen LogP contribution in [-0.4, -0.2) is 34.7 Å². The third-order valence-electron chi connectivity index (χ3n) is 2.66. The number of aromatic nitrogens is 1. The van der Waals surface area contributed by atoms with E-state index in [4.69, 9.17) is 4.42 Å². The molecule has 0 fully saturated rings. The maximum atomic E-state index is 12.8. The van der Waals surface area contributed by atoms with Crippen LogP contribution in [0.3, 0.4) is 0 Å². The van der Waals surface area contributed by atoms with Crippen molar-refractivity contribution in [2.75, 3.05) is 13.6 Å². The summed E-state index contributed by atoms with van der Waals surface area (Å²) < 4.78 is 18.4. The van der Waals surface area contributed by atoms with E-state index in [9.17, 15) is 9.50 Å². The molecule has 0 aliphatic rings. The topological polar surface area (TPSA) is 49.5 Å². The summed E-state index contributed by atoms with van der Waals surface area (Å²) in [6.45, 7) is 2.80. The third-order valence-corrected chi connectivity index (χ3v) is 2.66. The smallest absolute Gasteiger partial charge is 0.209 e. The van der Waals surface area contributed by atoms with E-state index in [1.54, 1.807) is 25.3 Å². The molecule has 1 unspecified atom stereocenters. The van der Waals surface area contributed by atoms with Gasteiger partial charge in [-0.1, -0.05) is 0 Å². The largest absolute Gasteiger partial charge is 0.439 e. The van der Waals surface area contributed by atoms with Crippen molar-refractivity contribution in [3.63, 3.8) is 0 Å². The summed E-state index contributed by atoms with van der Waals surface area (Å²) >= 11 is 0. The van der Waals surface area contributed by atoms with Gasteiger partial charge in [-0.2, -0.15) is 0 Å². The van der Waals surface area contributed by atoms with E-state index in [-0.39, 0.29) is 5.82 Å². The van der Waals surface area contributed by atoms with Crippen molar-refractivity contribution in [3.8, 4) is 11.3 Å². The van der Waals surface area contributed by atoms with E-state index < -0.39 is 6.10 Å². The Balaban J connectivity index is 2.04. The quantitative estimate of drug-likeness (QED) is 0.900. The number of nitrogens with zero attached hydrogens (tertiary/aromatic N) is 2. The van der Waals surface area contributed by atoms with Gasteiger partial charge in [-0.25, -0.2) is 9.37 Å². The Morgan fingerprint density at radius 2 is 2.05 bits per heavy atom. The molecule has 1 N–H and O–H groups in total. The number of hydrogen-bond acceptors (Lipinski definition) is 4. The molecule has 4 nitrogen and oxygen atoms in total. The molecule has 5 heteroatoms. The Morgan fingerprint density at radius 1 is 1.37 bits per heavy atom. The fourth-order valence-corrected chi connectivity index (χ4v) is 1.88. The first kappa shape index (κ1) is 13.7. The average molecular weight is 264 g/mol. The highest BCUT2D eigenvalue weighted by molar-refractivity contribution is 5.55. The molecule has 1 aromatic carbocycles. The van der Waals surface area contributed by atoms with E-state index in [0.717, 1.165) is 5.56 Å². The van der Waals surface area contributed by atoms with E-state index in [0.29, 0.717) is 24.7 Å². The fraction of sp³-hybridized carbons (Fsp3) is 0.357. The van der Waals surface area contributed by atoms with Crippen molar-refractivity contribution >= 4 is 0 Å². The zero-order chi connectivity index (χ0) is 13.8. The Labute approximate surface area is 111 Å². The minimum atomic E-state index is -0.392. The molecule has 1 heterocycles. The summed E-state index contributed by atoms with van der Waals surface area (Å²) in [7, 11) is 1.88. The highest BCUT2D eigenvalue weighted by Gasteiger charge is 2.10. The minimum absolute atomic E-state index is 0.278. The molecule has 2 aromatic rings. The van der Waals surface area contributed by atoms with Gasteiger partial charge in [0.05, 0.1) is 18.8 Å². The Kier molecular flexibility index (Phi) is 4.29. The van der Waals surface area contributed by atoms with Gasteiger partial charge < -0.3 is 9.52 Å². The molecule has 0 saturated heterocycles. The number of aliphatic hydroxyl groups excluding tert-OH is 1. The van der Waals surface area contributed by atoms with Crippen LogP contribution in [0, 0.1) is 5.82 Å². The van der Waals surface area contributed by atoms with Crippen molar-refractivity contribution in [1.29, 1.82) is 0 Å². The van der Waals surface area contributed by atoms with E-state index in [1.165, 1.54) is 12.1 Å². The summed E-state index contributed by atoms with van der Waals surface area (Å²) in [5, 5.41) is 9.28. The molecule has 0 aliphatic carbocycles. The molecule has 0 bridgehead atoms. The molecule has 1 atom stereocenters. The predicted molar refractivity (Wildman–Crippen MR) is 69.9 cm³/mol. The minimum Gasteiger partial charge on any atom is -0.439 e. The molecule has 102 valence electrons. The Hall–Kier alpha value is -1.72. The van der Waals surface area contributed by atoms with Gasteiger partial charge in [-0.3, -0.25) is 4.90 Å². The number of oxazole rings is 1. The first-order chi connectivity index (χ1) is 9.04. The second-order valence-electron chi connectivity index (χ2n) is 4.67. The highest BCUT2D eigenvalue weighted by atomic mass is 19.1. The van der Waals surface area contributed by atoms with Crippen LogP contribution in [0.2, 0.25) is 0 Å². The Bertz CT molecular complexity index is 522. The van der Waals surface area contributed by atoms with Crippen LogP contribution < -0.4 is 0 Å². The maximum absolute atomic E-state index is 12.8. The van der Waals surface area contributed by atoms with Gasteiger partial charge in [-0.05, 0) is 38.2 Å². The normalized spacial score (nSPS) is 12.9. The maximum Gasteiger partial charge on any atom is 0.209 e. The first-order valence-electron chi connectivity index (χ1n) is 6.12. The van der Waals surface area contributed by atoms with Crippen molar-refractivity contribution < 1.29 is 13.9 Å². The lowest BCUT2D eigenvalue weighted by molar-refractivity contribution is 0.133. The van der Waals surface area contributed by atoms with Crippen LogP contribution in [0.4, 0.5) is 4.39 Å². The molecular weight excluding hydrogens is 247 g/mol. The monoisotopic (exact) mass is 264 g/mol. The number of likely N-dealkylation sites (N-methyl/N-ethyl adjacent to an activating group) is 1. The van der Waals surface area contributed by atoms with Crippen molar-refractivity contribution in [1.82, 2.24) is 9.88 Å². The van der Waals surface area contributed by atoms with Crippen LogP contribution in [0.5, 0.6) is 0 Å². The molecule has 19 heavy (non-hydrogen) atoms. The van der Waals surface area contributed by atoms with Crippen molar-refractivity contribution in [2.24, 2.45) is 0 Å². The second kappa shape index (κ2) is 5.95. The molecule has 1 aromatic heterocycles. The van der Waals surface area contributed by atoms with E-state index >= 15 is 0 Å². The lowest BCUT2D eigenvalue weighted by Gasteiger charge is -2.15. The number of hydrogen-bond donors (Lipinski definition) is 1. The third kappa shape index (κ3) is 3.87. The van der Waals surface area contributed by atoms with Gasteiger partial charge >= 0.3 is 0 Å². The van der Waals surface area contributed by atoms with Crippen LogP contribution in [0.25, 0.3) is 11.3 Å². The number of benzene rings is 1. The van der Waals surface area contributed by atoms with Crippen LogP contribution in [0.15, 0.2) is 34.9 Å². The van der Waals surface area contributed by atoms with Crippen LogP contribution >= 0.6 is 0 Å². The standard InChI is InChI=1S/C14H17FN2O2/c1-10(18)8-17(2)9-14-16-7-13(19-14)11-3-5-12(15)6-4-11/h3-7,10,18H,8-9H2,1-2H3. The van der Waals surface area contributed by atoms with Gasteiger partial charge in [-0.15, -0.1) is 0 Å². The summed E-state index contributed by atoms with van der Waals surface area (Å²) in [6.07, 6.45) is 1.23. The first-order valence-corrected chi connectivity index (χ1v) is 6.12. The lowest BCUT2D eigenvalue weighted by Crippen LogP contribution is -2.26. The molecule has 0 spiro atoms. The summed E-state index contributed by atoms with van der Waals surface area (Å²) in [5.41, 5.74) is 0.790. The van der Waals surface area contributed by atoms with Gasteiger partial charge in [0.2, 0.25) is 5.89 Å². The van der Waals surface area contributed by atoms with Gasteiger partial charge in [0.1, 0.15) is 5.82 Å². The van der Waals surface area contributed by atoms with Gasteiger partial charge in [0.15, 0.2) is 5.76 Å². The van der Waals surface area contributed by atoms with Crippen LogP contribution in [-0.2, 0) is 6.54 Å². The SMILES string of the molecule is CC(O)CN(C)Cc1ncc(-c2ccc(F)cc2)o1. The average Bonchev–Trinajstić information content (AvgIpc) is 2.77. The number of aliphatic hydroxyl groups is 1. The fourth-order valence-electron chi connectivity index (χ4n) is 1.88. The highest BCUT2D eigenvalue weighted by Crippen LogP contribution is 2.21. The molecular formula is C14H17FN2O2. The summed E-state index contributed by atoms with van der Waals surface area (Å²) in [6, 6.07) is 6.08. The Morgan fingerprint density at radius 3 is 2.68 bits per heavy atom. The van der Waals surface area contributed by atoms with Gasteiger partial charge in [0.25, 0.3) is 0 Å². The molecule has 0 amide bonds. The summed E-state index contributed by atoms with van der Waals surface area (Å²) in [4.78, 5) is 6.10. The zero-order valence-corrected chi connectivity index (χ0v) is 11.0. The lowest BCUT2D eigenvalue weighted by atomic mass is 10.2. The molecule has 0 saturated carbocycles. The van der Waals surface area contributed by atoms with E-state index in [1.807, 2.05) is 11.9 Å². The summed E-state index contributed by atoms with van der Waals surface area (Å²) in [5.74, 6) is 0.906. The molecule has 0 radical (unpaired) electrons. The second-order valence-corrected chi connectivity index (χ2v) is 4.67. The van der Waals surface area contributed by atoms with Crippen molar-refractivity contribution in [2.45, 2.75) is 19.6 Å². The van der Waals surface area contributed by atoms with E-state index in [2.05, 4.69) is 4.98 Å². The van der Waals surface area contributed by atoms with Gasteiger partial charge in [0, 0.05) is 12.1 Å². The van der Waals surface area contributed by atoms with Crippen molar-refractivity contribution in [3.05, 3.63) is 42.2 Å².